The molecule has 1 heterocycles. The molecule has 142 valence electrons. The number of amides is 2. The summed E-state index contributed by atoms with van der Waals surface area (Å²) in [5, 5.41) is 0. The summed E-state index contributed by atoms with van der Waals surface area (Å²) in [5.41, 5.74) is 1.00. The molecule has 0 unspecified atom stereocenters. The summed E-state index contributed by atoms with van der Waals surface area (Å²) in [4.78, 5) is 25.9. The molecule has 1 aliphatic heterocycles. The zero-order valence-corrected chi connectivity index (χ0v) is 16.2. The van der Waals surface area contributed by atoms with E-state index in [-0.39, 0.29) is 11.8 Å². The maximum atomic E-state index is 12.3. The number of hydrogen-bond donors (Lipinski definition) is 0. The lowest BCUT2D eigenvalue weighted by atomic mass is 10.1. The first-order valence-corrected chi connectivity index (χ1v) is 10.2. The summed E-state index contributed by atoms with van der Waals surface area (Å²) in [5.74, 6) is 2.74. The first-order valence-electron chi connectivity index (χ1n) is 9.09. The lowest BCUT2D eigenvalue weighted by molar-refractivity contribution is 0.0664. The molecule has 0 saturated carbocycles. The molecule has 3 rings (SSSR count). The fourth-order valence-electron chi connectivity index (χ4n) is 2.77. The number of rotatable bonds is 10. The van der Waals surface area contributed by atoms with Crippen molar-refractivity contribution in [2.24, 2.45) is 0 Å². The molecule has 0 saturated heterocycles. The highest BCUT2D eigenvalue weighted by atomic mass is 32.2. The highest BCUT2D eigenvalue weighted by Gasteiger charge is 2.34. The second kappa shape index (κ2) is 9.46. The third kappa shape index (κ3) is 4.83. The standard InChI is InChI=1S/C21H23NO4S/c1-2-12-25-16-7-9-17(10-8-16)26-13-15-27-14-11-22-20(23)18-5-3-4-6-19(18)21(22)24/h3-10H,2,11-15H2,1H3. The quantitative estimate of drug-likeness (QED) is 0.459. The highest BCUT2D eigenvalue weighted by molar-refractivity contribution is 7.99. The van der Waals surface area contributed by atoms with Crippen molar-refractivity contribution >= 4 is 23.6 Å². The second-order valence-electron chi connectivity index (χ2n) is 6.09. The van der Waals surface area contributed by atoms with Crippen LogP contribution in [0.5, 0.6) is 11.5 Å². The Morgan fingerprint density at radius 3 is 1.93 bits per heavy atom. The van der Waals surface area contributed by atoms with Crippen molar-refractivity contribution in [2.45, 2.75) is 13.3 Å². The van der Waals surface area contributed by atoms with E-state index in [1.807, 2.05) is 24.3 Å². The van der Waals surface area contributed by atoms with E-state index in [2.05, 4.69) is 6.92 Å². The molecule has 2 amide bonds. The smallest absolute Gasteiger partial charge is 0.261 e. The van der Waals surface area contributed by atoms with Crippen molar-refractivity contribution in [1.82, 2.24) is 4.90 Å². The van der Waals surface area contributed by atoms with Gasteiger partial charge in [0.2, 0.25) is 0 Å². The van der Waals surface area contributed by atoms with Crippen molar-refractivity contribution in [3.63, 3.8) is 0 Å². The predicted molar refractivity (Wildman–Crippen MR) is 107 cm³/mol. The van der Waals surface area contributed by atoms with E-state index in [1.165, 1.54) is 4.90 Å². The number of hydrogen-bond acceptors (Lipinski definition) is 5. The normalized spacial score (nSPS) is 13.0. The Hall–Kier alpha value is -2.47. The molecule has 0 fully saturated rings. The molecule has 2 aromatic carbocycles. The molecule has 2 aromatic rings. The number of imide groups is 1. The molecule has 0 aliphatic carbocycles. The van der Waals surface area contributed by atoms with Gasteiger partial charge in [-0.2, -0.15) is 11.8 Å². The van der Waals surface area contributed by atoms with Crippen LogP contribution in [0.25, 0.3) is 0 Å². The molecule has 27 heavy (non-hydrogen) atoms. The Morgan fingerprint density at radius 1 is 0.815 bits per heavy atom. The molecule has 6 heteroatoms. The molecule has 0 N–H and O–H groups in total. The lowest BCUT2D eigenvalue weighted by Gasteiger charge is -2.13. The Morgan fingerprint density at radius 2 is 1.37 bits per heavy atom. The van der Waals surface area contributed by atoms with E-state index in [0.29, 0.717) is 36.6 Å². The van der Waals surface area contributed by atoms with E-state index in [4.69, 9.17) is 9.47 Å². The fraction of sp³-hybridized carbons (Fsp3) is 0.333. The van der Waals surface area contributed by atoms with E-state index >= 15 is 0 Å². The molecule has 0 aromatic heterocycles. The molecule has 0 spiro atoms. The Balaban J connectivity index is 1.34. The SMILES string of the molecule is CCCOc1ccc(OCCSCCN2C(=O)c3ccccc3C2=O)cc1. The van der Waals surface area contributed by atoms with Crippen LogP contribution >= 0.6 is 11.8 Å². The van der Waals surface area contributed by atoms with Gasteiger partial charge in [-0.25, -0.2) is 0 Å². The van der Waals surface area contributed by atoms with Gasteiger partial charge in [-0.05, 0) is 42.8 Å². The number of carbonyl (C=O) groups is 2. The fourth-order valence-corrected chi connectivity index (χ4v) is 3.49. The summed E-state index contributed by atoms with van der Waals surface area (Å²) >= 11 is 1.66. The number of nitrogens with zero attached hydrogens (tertiary/aromatic N) is 1. The highest BCUT2D eigenvalue weighted by Crippen LogP contribution is 2.22. The number of benzene rings is 2. The van der Waals surface area contributed by atoms with E-state index in [1.54, 1.807) is 36.0 Å². The molecule has 0 atom stereocenters. The summed E-state index contributed by atoms with van der Waals surface area (Å²) < 4.78 is 11.2. The molecular formula is C21H23NO4S. The van der Waals surface area contributed by atoms with Crippen LogP contribution in [0, 0.1) is 0 Å². The van der Waals surface area contributed by atoms with Gasteiger partial charge in [0.15, 0.2) is 0 Å². The van der Waals surface area contributed by atoms with Crippen LogP contribution in [0.2, 0.25) is 0 Å². The first kappa shape index (κ1) is 19.3. The van der Waals surface area contributed by atoms with Crippen LogP contribution in [0.4, 0.5) is 0 Å². The van der Waals surface area contributed by atoms with Gasteiger partial charge in [-0.1, -0.05) is 19.1 Å². The predicted octanol–water partition coefficient (Wildman–Crippen LogP) is 3.88. The van der Waals surface area contributed by atoms with Crippen LogP contribution < -0.4 is 9.47 Å². The summed E-state index contributed by atoms with van der Waals surface area (Å²) in [7, 11) is 0. The summed E-state index contributed by atoms with van der Waals surface area (Å²) in [6.45, 7) is 3.77. The monoisotopic (exact) mass is 385 g/mol. The van der Waals surface area contributed by atoms with Gasteiger partial charge < -0.3 is 9.47 Å². The Bertz CT molecular complexity index is 756. The molecule has 1 aliphatic rings. The number of carbonyl (C=O) groups excluding carboxylic acids is 2. The van der Waals surface area contributed by atoms with Gasteiger partial charge in [0.05, 0.1) is 24.3 Å². The van der Waals surface area contributed by atoms with Crippen LogP contribution in [-0.2, 0) is 0 Å². The zero-order chi connectivity index (χ0) is 19.1. The third-order valence-electron chi connectivity index (χ3n) is 4.13. The van der Waals surface area contributed by atoms with Gasteiger partial charge in [0.1, 0.15) is 11.5 Å². The Kier molecular flexibility index (Phi) is 6.76. The van der Waals surface area contributed by atoms with Crippen molar-refractivity contribution in [3.05, 3.63) is 59.7 Å². The van der Waals surface area contributed by atoms with Gasteiger partial charge in [0.25, 0.3) is 11.8 Å². The largest absolute Gasteiger partial charge is 0.494 e. The van der Waals surface area contributed by atoms with Crippen molar-refractivity contribution < 1.29 is 19.1 Å². The van der Waals surface area contributed by atoms with Crippen molar-refractivity contribution in [1.29, 1.82) is 0 Å². The van der Waals surface area contributed by atoms with Crippen LogP contribution in [0.15, 0.2) is 48.5 Å². The van der Waals surface area contributed by atoms with Crippen LogP contribution in [0.1, 0.15) is 34.1 Å². The van der Waals surface area contributed by atoms with Gasteiger partial charge >= 0.3 is 0 Å². The van der Waals surface area contributed by atoms with Gasteiger partial charge in [-0.3, -0.25) is 14.5 Å². The van der Waals surface area contributed by atoms with Gasteiger partial charge in [-0.15, -0.1) is 0 Å². The van der Waals surface area contributed by atoms with Crippen molar-refractivity contribution in [2.75, 3.05) is 31.3 Å². The number of thioether (sulfide) groups is 1. The first-order chi connectivity index (χ1) is 13.2. The number of fused-ring (bicyclic) bond motifs is 1. The van der Waals surface area contributed by atoms with Crippen LogP contribution in [-0.4, -0.2) is 48.0 Å². The summed E-state index contributed by atoms with van der Waals surface area (Å²) in [6.07, 6.45) is 0.982. The van der Waals surface area contributed by atoms with E-state index in [9.17, 15) is 9.59 Å². The average molecular weight is 385 g/mol. The molecule has 0 bridgehead atoms. The zero-order valence-electron chi connectivity index (χ0n) is 15.3. The van der Waals surface area contributed by atoms with Gasteiger partial charge in [0, 0.05) is 18.1 Å². The maximum absolute atomic E-state index is 12.3. The second-order valence-corrected chi connectivity index (χ2v) is 7.31. The maximum Gasteiger partial charge on any atom is 0.261 e. The Labute approximate surface area is 163 Å². The minimum Gasteiger partial charge on any atom is -0.494 e. The average Bonchev–Trinajstić information content (AvgIpc) is 2.95. The molecular weight excluding hydrogens is 362 g/mol. The van der Waals surface area contributed by atoms with E-state index < -0.39 is 0 Å². The summed E-state index contributed by atoms with van der Waals surface area (Å²) in [6, 6.07) is 14.6. The van der Waals surface area contributed by atoms with Crippen molar-refractivity contribution in [3.8, 4) is 11.5 Å². The minimum absolute atomic E-state index is 0.196. The number of ether oxygens (including phenoxy) is 2. The lowest BCUT2D eigenvalue weighted by Crippen LogP contribution is -2.32. The third-order valence-corrected chi connectivity index (χ3v) is 5.06. The topological polar surface area (TPSA) is 55.8 Å². The molecule has 0 radical (unpaired) electrons. The minimum atomic E-state index is -0.196. The van der Waals surface area contributed by atoms with Crippen LogP contribution in [0.3, 0.4) is 0 Å². The van der Waals surface area contributed by atoms with E-state index in [0.717, 1.165) is 23.7 Å². The molecule has 5 nitrogen and oxygen atoms in total.